The smallest absolute Gasteiger partial charge is 0.166 e. The van der Waals surface area contributed by atoms with Crippen molar-refractivity contribution < 1.29 is 15.0 Å². The van der Waals surface area contributed by atoms with E-state index in [4.69, 9.17) is 10.2 Å². The van der Waals surface area contributed by atoms with Gasteiger partial charge in [0.1, 0.15) is 5.60 Å². The van der Waals surface area contributed by atoms with Gasteiger partial charge in [-0.05, 0) is 12.8 Å². The van der Waals surface area contributed by atoms with Crippen LogP contribution in [0.5, 0.6) is 0 Å². The van der Waals surface area contributed by atoms with E-state index in [1.54, 1.807) is 0 Å². The van der Waals surface area contributed by atoms with Crippen LogP contribution in [0, 0.1) is 0 Å². The molecule has 3 heteroatoms. The maximum absolute atomic E-state index is 10.7. The molecule has 0 heterocycles. The molecule has 0 aliphatic heterocycles. The minimum Gasteiger partial charge on any atom is -0.393 e. The zero-order valence-electron chi connectivity index (χ0n) is 5.13. The molecule has 0 aromatic carbocycles. The van der Waals surface area contributed by atoms with E-state index >= 15 is 0 Å². The molecule has 3 nitrogen and oxygen atoms in total. The van der Waals surface area contributed by atoms with Gasteiger partial charge in [-0.15, -0.1) is 0 Å². The van der Waals surface area contributed by atoms with E-state index in [-0.39, 0.29) is 5.78 Å². The molecule has 0 bridgehead atoms. The highest BCUT2D eigenvalue weighted by molar-refractivity contribution is 5.89. The molecule has 1 fully saturated rings. The van der Waals surface area contributed by atoms with Crippen LogP contribution in [0.25, 0.3) is 0 Å². The largest absolute Gasteiger partial charge is 0.393 e. The average Bonchev–Trinajstić information content (AvgIpc) is 2.15. The summed E-state index contributed by atoms with van der Waals surface area (Å²) >= 11 is 0. The Labute approximate surface area is 53.3 Å². The van der Waals surface area contributed by atoms with Crippen LogP contribution < -0.4 is 0 Å². The lowest BCUT2D eigenvalue weighted by Gasteiger charge is -2.15. The predicted octanol–water partition coefficient (Wildman–Crippen LogP) is -0.537. The summed E-state index contributed by atoms with van der Waals surface area (Å²) in [6, 6.07) is 0. The molecule has 0 aromatic heterocycles. The van der Waals surface area contributed by atoms with E-state index in [9.17, 15) is 4.79 Å². The number of aliphatic hydroxyl groups is 2. The van der Waals surface area contributed by atoms with Crippen molar-refractivity contribution in [1.82, 2.24) is 0 Å². The van der Waals surface area contributed by atoms with E-state index in [1.807, 2.05) is 0 Å². The van der Waals surface area contributed by atoms with Crippen molar-refractivity contribution in [3.05, 3.63) is 0 Å². The quantitative estimate of drug-likeness (QED) is 0.501. The van der Waals surface area contributed by atoms with Crippen molar-refractivity contribution in [2.75, 3.05) is 6.61 Å². The lowest BCUT2D eigenvalue weighted by atomic mass is 10.0. The van der Waals surface area contributed by atoms with Crippen LogP contribution in [0.15, 0.2) is 0 Å². The molecule has 1 aliphatic rings. The number of rotatable bonds is 1. The first-order chi connectivity index (χ1) is 4.19. The zero-order chi connectivity index (χ0) is 6.91. The highest BCUT2D eigenvalue weighted by Gasteiger charge is 2.38. The minimum atomic E-state index is -1.39. The number of carbonyl (C=O) groups excluding carboxylic acids is 1. The molecular weight excluding hydrogens is 120 g/mol. The summed E-state index contributed by atoms with van der Waals surface area (Å²) in [5.41, 5.74) is -1.39. The van der Waals surface area contributed by atoms with E-state index in [2.05, 4.69) is 0 Å². The molecule has 52 valence electrons. The van der Waals surface area contributed by atoms with Gasteiger partial charge < -0.3 is 10.2 Å². The van der Waals surface area contributed by atoms with Crippen molar-refractivity contribution in [3.8, 4) is 0 Å². The first-order valence-electron chi connectivity index (χ1n) is 3.05. The first kappa shape index (κ1) is 6.71. The van der Waals surface area contributed by atoms with Crippen LogP contribution in [0.2, 0.25) is 0 Å². The minimum absolute atomic E-state index is 0.218. The fraction of sp³-hybridized carbons (Fsp3) is 0.833. The summed E-state index contributed by atoms with van der Waals surface area (Å²) in [7, 11) is 0. The molecule has 0 aromatic rings. The second-order valence-corrected chi connectivity index (χ2v) is 2.47. The Morgan fingerprint density at radius 3 is 2.56 bits per heavy atom. The predicted molar refractivity (Wildman–Crippen MR) is 30.9 cm³/mol. The summed E-state index contributed by atoms with van der Waals surface area (Å²) in [5.74, 6) is -0.218. The van der Waals surface area contributed by atoms with Gasteiger partial charge in [-0.25, -0.2) is 0 Å². The van der Waals surface area contributed by atoms with Crippen molar-refractivity contribution in [2.24, 2.45) is 0 Å². The van der Waals surface area contributed by atoms with Gasteiger partial charge in [0.15, 0.2) is 5.78 Å². The van der Waals surface area contributed by atoms with Gasteiger partial charge in [0.2, 0.25) is 0 Å². The number of ketones is 1. The Balaban J connectivity index is 2.67. The van der Waals surface area contributed by atoms with Crippen molar-refractivity contribution >= 4 is 5.78 Å². The summed E-state index contributed by atoms with van der Waals surface area (Å²) in [4.78, 5) is 10.7. The van der Waals surface area contributed by atoms with Crippen molar-refractivity contribution in [2.45, 2.75) is 24.9 Å². The molecular formula is C6H10O3. The van der Waals surface area contributed by atoms with Gasteiger partial charge in [-0.2, -0.15) is 0 Å². The van der Waals surface area contributed by atoms with Crippen LogP contribution in [0.1, 0.15) is 19.3 Å². The molecule has 1 saturated carbocycles. The van der Waals surface area contributed by atoms with Gasteiger partial charge in [-0.1, -0.05) is 0 Å². The van der Waals surface area contributed by atoms with Crippen LogP contribution in [0.3, 0.4) is 0 Å². The van der Waals surface area contributed by atoms with Crippen LogP contribution in [0.4, 0.5) is 0 Å². The second kappa shape index (κ2) is 2.08. The summed E-state index contributed by atoms with van der Waals surface area (Å²) < 4.78 is 0. The maximum Gasteiger partial charge on any atom is 0.166 e. The normalized spacial score (nSPS) is 35.6. The SMILES string of the molecule is O=C1CCC[C@]1(O)CO. The van der Waals surface area contributed by atoms with Crippen molar-refractivity contribution in [3.63, 3.8) is 0 Å². The number of hydrogen-bond acceptors (Lipinski definition) is 3. The molecule has 0 saturated heterocycles. The first-order valence-corrected chi connectivity index (χ1v) is 3.05. The zero-order valence-corrected chi connectivity index (χ0v) is 5.13. The van der Waals surface area contributed by atoms with Crippen LogP contribution in [-0.4, -0.2) is 28.2 Å². The summed E-state index contributed by atoms with van der Waals surface area (Å²) in [5, 5.41) is 17.7. The fourth-order valence-electron chi connectivity index (χ4n) is 1.08. The molecule has 0 amide bonds. The molecule has 1 atom stereocenters. The van der Waals surface area contributed by atoms with E-state index in [0.717, 1.165) is 0 Å². The summed E-state index contributed by atoms with van der Waals surface area (Å²) in [6.45, 7) is -0.425. The van der Waals surface area contributed by atoms with E-state index < -0.39 is 12.2 Å². The fourth-order valence-corrected chi connectivity index (χ4v) is 1.08. The molecule has 0 spiro atoms. The van der Waals surface area contributed by atoms with E-state index in [0.29, 0.717) is 19.3 Å². The van der Waals surface area contributed by atoms with Gasteiger partial charge >= 0.3 is 0 Å². The maximum atomic E-state index is 10.7. The number of hydrogen-bond donors (Lipinski definition) is 2. The van der Waals surface area contributed by atoms with Crippen molar-refractivity contribution in [1.29, 1.82) is 0 Å². The third-order valence-corrected chi connectivity index (χ3v) is 1.77. The number of Topliss-reactive ketones (excluding diaryl/α,β-unsaturated/α-hetero) is 1. The molecule has 1 rings (SSSR count). The highest BCUT2D eigenvalue weighted by atomic mass is 16.3. The van der Waals surface area contributed by atoms with Gasteiger partial charge in [0, 0.05) is 6.42 Å². The highest BCUT2D eigenvalue weighted by Crippen LogP contribution is 2.24. The molecule has 0 radical (unpaired) electrons. The Morgan fingerprint density at radius 2 is 2.33 bits per heavy atom. The van der Waals surface area contributed by atoms with Gasteiger partial charge in [-0.3, -0.25) is 4.79 Å². The number of aliphatic hydroxyl groups excluding tert-OH is 1. The monoisotopic (exact) mass is 130 g/mol. The van der Waals surface area contributed by atoms with Gasteiger partial charge in [0.05, 0.1) is 6.61 Å². The standard InChI is InChI=1S/C6H10O3/c7-4-6(9)3-1-2-5(6)8/h7,9H,1-4H2/t6-/m0/s1. The third kappa shape index (κ3) is 0.976. The Bertz CT molecular complexity index is 132. The lowest BCUT2D eigenvalue weighted by molar-refractivity contribution is -0.136. The van der Waals surface area contributed by atoms with Crippen LogP contribution in [-0.2, 0) is 4.79 Å². The molecule has 0 unspecified atom stereocenters. The second-order valence-electron chi connectivity index (χ2n) is 2.47. The Kier molecular flexibility index (Phi) is 1.55. The topological polar surface area (TPSA) is 57.5 Å². The van der Waals surface area contributed by atoms with Gasteiger partial charge in [0.25, 0.3) is 0 Å². The van der Waals surface area contributed by atoms with E-state index in [1.165, 1.54) is 0 Å². The Morgan fingerprint density at radius 1 is 1.67 bits per heavy atom. The third-order valence-electron chi connectivity index (χ3n) is 1.77. The Hall–Kier alpha value is -0.410. The average molecular weight is 130 g/mol. The molecule has 1 aliphatic carbocycles. The lowest BCUT2D eigenvalue weighted by Crippen LogP contribution is -2.37. The molecule has 2 N–H and O–H groups in total. The number of carbonyl (C=O) groups is 1. The molecule has 9 heavy (non-hydrogen) atoms. The summed E-state index contributed by atoms with van der Waals surface area (Å²) in [6.07, 6.45) is 1.54. The van der Waals surface area contributed by atoms with Crippen LogP contribution >= 0.6 is 0 Å².